The van der Waals surface area contributed by atoms with Crippen LogP contribution in [0.2, 0.25) is 0 Å². The fourth-order valence-electron chi connectivity index (χ4n) is 2.56. The van der Waals surface area contributed by atoms with E-state index in [0.717, 1.165) is 18.8 Å². The molecule has 116 valence electrons. The van der Waals surface area contributed by atoms with Gasteiger partial charge in [-0.05, 0) is 33.8 Å². The first kappa shape index (κ1) is 15.6. The lowest BCUT2D eigenvalue weighted by molar-refractivity contribution is -0.386. The fourth-order valence-corrected chi connectivity index (χ4v) is 2.56. The summed E-state index contributed by atoms with van der Waals surface area (Å²) in [6, 6.07) is 5.86. The van der Waals surface area contributed by atoms with E-state index >= 15 is 0 Å². The average molecular weight is 293 g/mol. The first-order chi connectivity index (χ1) is 9.88. The topological polar surface area (TPSA) is 67.6 Å². The maximum atomic E-state index is 11.1. The Morgan fingerprint density at radius 2 is 2.14 bits per heavy atom. The van der Waals surface area contributed by atoms with Crippen LogP contribution in [0.3, 0.4) is 0 Å². The van der Waals surface area contributed by atoms with E-state index < -0.39 is 4.92 Å². The summed E-state index contributed by atoms with van der Waals surface area (Å²) in [5.41, 5.74) is 0.986. The lowest BCUT2D eigenvalue weighted by Gasteiger charge is -2.39. The van der Waals surface area contributed by atoms with Gasteiger partial charge in [0.25, 0.3) is 0 Å². The molecule has 0 amide bonds. The molecule has 6 heteroatoms. The van der Waals surface area contributed by atoms with Gasteiger partial charge in [0, 0.05) is 43.0 Å². The summed E-state index contributed by atoms with van der Waals surface area (Å²) >= 11 is 0. The van der Waals surface area contributed by atoms with Gasteiger partial charge < -0.3 is 15.0 Å². The molecular weight excluding hydrogens is 270 g/mol. The summed E-state index contributed by atoms with van der Waals surface area (Å²) in [6.07, 6.45) is -0.0988. The Labute approximate surface area is 125 Å². The van der Waals surface area contributed by atoms with E-state index in [0.29, 0.717) is 17.8 Å². The minimum absolute atomic E-state index is 0.0169. The van der Waals surface area contributed by atoms with E-state index in [4.69, 9.17) is 4.74 Å². The van der Waals surface area contributed by atoms with Crippen molar-refractivity contribution in [2.24, 2.45) is 0 Å². The third kappa shape index (κ3) is 3.64. The molecule has 0 saturated carbocycles. The molecule has 1 aromatic carbocycles. The van der Waals surface area contributed by atoms with E-state index in [2.05, 4.69) is 24.1 Å². The van der Waals surface area contributed by atoms with Crippen LogP contribution in [0.5, 0.6) is 5.75 Å². The number of anilines is 1. The zero-order chi connectivity index (χ0) is 15.6. The van der Waals surface area contributed by atoms with Crippen LogP contribution in [0.25, 0.3) is 0 Å². The predicted molar refractivity (Wildman–Crippen MR) is 83.1 cm³/mol. The van der Waals surface area contributed by atoms with Gasteiger partial charge in [-0.2, -0.15) is 0 Å². The van der Waals surface area contributed by atoms with Gasteiger partial charge in [-0.3, -0.25) is 10.1 Å². The normalized spacial score (nSPS) is 22.4. The number of benzene rings is 1. The Hall–Kier alpha value is -1.82. The summed E-state index contributed by atoms with van der Waals surface area (Å²) in [7, 11) is 0. The standard InChI is InChI=1S/C15H23N3O3/c1-10(2)21-15-7-13(5-6-14(15)18(19)20)17-9-11(3)16-8-12(17)4/h5-7,10-12,16H,8-9H2,1-4H3. The number of nitro benzene ring substituents is 1. The summed E-state index contributed by atoms with van der Waals surface area (Å²) < 4.78 is 5.62. The Kier molecular flexibility index (Phi) is 4.67. The lowest BCUT2D eigenvalue weighted by atomic mass is 10.1. The van der Waals surface area contributed by atoms with Gasteiger partial charge in [-0.25, -0.2) is 0 Å². The minimum Gasteiger partial charge on any atom is -0.484 e. The summed E-state index contributed by atoms with van der Waals surface area (Å²) in [5, 5.41) is 14.5. The number of nitrogens with zero attached hydrogens (tertiary/aromatic N) is 2. The number of nitrogens with one attached hydrogen (secondary N) is 1. The van der Waals surface area contributed by atoms with Crippen LogP contribution < -0.4 is 15.0 Å². The first-order valence-corrected chi connectivity index (χ1v) is 7.33. The van der Waals surface area contributed by atoms with Crippen molar-refractivity contribution in [2.75, 3.05) is 18.0 Å². The Balaban J connectivity index is 2.34. The van der Waals surface area contributed by atoms with E-state index in [1.165, 1.54) is 6.07 Å². The smallest absolute Gasteiger partial charge is 0.311 e. The molecule has 1 aliphatic heterocycles. The molecule has 1 aromatic rings. The van der Waals surface area contributed by atoms with Crippen LogP contribution in [0, 0.1) is 10.1 Å². The predicted octanol–water partition coefficient (Wildman–Crippen LogP) is 2.57. The van der Waals surface area contributed by atoms with Crippen LogP contribution in [-0.4, -0.2) is 36.2 Å². The van der Waals surface area contributed by atoms with Gasteiger partial charge in [-0.15, -0.1) is 0 Å². The highest BCUT2D eigenvalue weighted by molar-refractivity contribution is 5.60. The number of hydrogen-bond acceptors (Lipinski definition) is 5. The molecular formula is C15H23N3O3. The number of piperazine rings is 1. The van der Waals surface area contributed by atoms with E-state index in [-0.39, 0.29) is 11.8 Å². The lowest BCUT2D eigenvalue weighted by Crippen LogP contribution is -2.54. The van der Waals surface area contributed by atoms with Crippen LogP contribution in [0.4, 0.5) is 11.4 Å². The molecule has 0 spiro atoms. The quantitative estimate of drug-likeness (QED) is 0.682. The Morgan fingerprint density at radius 3 is 2.76 bits per heavy atom. The molecule has 6 nitrogen and oxygen atoms in total. The maximum absolute atomic E-state index is 11.1. The van der Waals surface area contributed by atoms with E-state index in [1.54, 1.807) is 12.1 Å². The largest absolute Gasteiger partial charge is 0.484 e. The highest BCUT2D eigenvalue weighted by atomic mass is 16.6. The van der Waals surface area contributed by atoms with Crippen LogP contribution >= 0.6 is 0 Å². The molecule has 2 rings (SSSR count). The highest BCUT2D eigenvalue weighted by Gasteiger charge is 2.25. The zero-order valence-corrected chi connectivity index (χ0v) is 13.0. The van der Waals surface area contributed by atoms with Crippen molar-refractivity contribution in [3.05, 3.63) is 28.3 Å². The second-order valence-electron chi connectivity index (χ2n) is 5.89. The third-order valence-electron chi connectivity index (χ3n) is 3.60. The number of nitro groups is 1. The summed E-state index contributed by atoms with van der Waals surface area (Å²) in [4.78, 5) is 13.0. The molecule has 1 fully saturated rings. The van der Waals surface area contributed by atoms with E-state index in [1.807, 2.05) is 13.8 Å². The minimum atomic E-state index is -0.398. The number of rotatable bonds is 4. The summed E-state index contributed by atoms with van der Waals surface area (Å²) in [6.45, 7) is 9.79. The molecule has 1 N–H and O–H groups in total. The van der Waals surface area contributed by atoms with Gasteiger partial charge in [0.2, 0.25) is 0 Å². The van der Waals surface area contributed by atoms with Crippen LogP contribution in [0.15, 0.2) is 18.2 Å². The van der Waals surface area contributed by atoms with Crippen molar-refractivity contribution in [3.63, 3.8) is 0 Å². The second kappa shape index (κ2) is 6.30. The highest BCUT2D eigenvalue weighted by Crippen LogP contribution is 2.33. The third-order valence-corrected chi connectivity index (χ3v) is 3.60. The molecule has 0 aliphatic carbocycles. The molecule has 1 aliphatic rings. The second-order valence-corrected chi connectivity index (χ2v) is 5.89. The molecule has 2 atom stereocenters. The molecule has 21 heavy (non-hydrogen) atoms. The van der Waals surface area contributed by atoms with Crippen LogP contribution in [0.1, 0.15) is 27.7 Å². The Morgan fingerprint density at radius 1 is 1.43 bits per heavy atom. The molecule has 0 aromatic heterocycles. The molecule has 1 saturated heterocycles. The van der Waals surface area contributed by atoms with Crippen molar-refractivity contribution in [1.29, 1.82) is 0 Å². The van der Waals surface area contributed by atoms with Crippen LogP contribution in [-0.2, 0) is 0 Å². The van der Waals surface area contributed by atoms with Gasteiger partial charge in [0.05, 0.1) is 11.0 Å². The molecule has 1 heterocycles. The van der Waals surface area contributed by atoms with Crippen molar-refractivity contribution in [1.82, 2.24) is 5.32 Å². The van der Waals surface area contributed by atoms with Crippen molar-refractivity contribution in [3.8, 4) is 5.75 Å². The van der Waals surface area contributed by atoms with Crippen molar-refractivity contribution < 1.29 is 9.66 Å². The zero-order valence-electron chi connectivity index (χ0n) is 13.0. The van der Waals surface area contributed by atoms with E-state index in [9.17, 15) is 10.1 Å². The fraction of sp³-hybridized carbons (Fsp3) is 0.600. The van der Waals surface area contributed by atoms with Crippen molar-refractivity contribution >= 4 is 11.4 Å². The van der Waals surface area contributed by atoms with Crippen molar-refractivity contribution in [2.45, 2.75) is 45.9 Å². The molecule has 0 radical (unpaired) electrons. The maximum Gasteiger partial charge on any atom is 0.311 e. The number of hydrogen-bond donors (Lipinski definition) is 1. The molecule has 2 unspecified atom stereocenters. The average Bonchev–Trinajstić information content (AvgIpc) is 2.40. The first-order valence-electron chi connectivity index (χ1n) is 7.33. The summed E-state index contributed by atoms with van der Waals surface area (Å²) in [5.74, 6) is 0.339. The monoisotopic (exact) mass is 293 g/mol. The Bertz CT molecular complexity index is 519. The van der Waals surface area contributed by atoms with Gasteiger partial charge in [0.15, 0.2) is 5.75 Å². The number of ether oxygens (including phenoxy) is 1. The van der Waals surface area contributed by atoms with Gasteiger partial charge in [0.1, 0.15) is 0 Å². The molecule has 0 bridgehead atoms. The van der Waals surface area contributed by atoms with Gasteiger partial charge >= 0.3 is 5.69 Å². The SMILES string of the molecule is CC1CN(c2ccc([N+](=O)[O-])c(OC(C)C)c2)C(C)CN1. The van der Waals surface area contributed by atoms with Gasteiger partial charge in [-0.1, -0.05) is 0 Å².